The summed E-state index contributed by atoms with van der Waals surface area (Å²) in [5, 5.41) is 14.3. The zero-order chi connectivity index (χ0) is 11.8. The van der Waals surface area contributed by atoms with E-state index in [2.05, 4.69) is 20.3 Å². The molecule has 0 saturated heterocycles. The molecule has 17 heavy (non-hydrogen) atoms. The van der Waals surface area contributed by atoms with Gasteiger partial charge in [-0.15, -0.1) is 10.2 Å². The first-order chi connectivity index (χ1) is 8.25. The summed E-state index contributed by atoms with van der Waals surface area (Å²) in [5.41, 5.74) is 6.39. The van der Waals surface area contributed by atoms with Crippen LogP contribution in [0.2, 0.25) is 0 Å². The number of benzene rings is 1. The van der Waals surface area contributed by atoms with Crippen molar-refractivity contribution >= 4 is 16.7 Å². The Hall–Kier alpha value is -2.50. The molecule has 6 nitrogen and oxygen atoms in total. The van der Waals surface area contributed by atoms with Gasteiger partial charge in [0.25, 0.3) is 0 Å². The molecule has 0 aliphatic heterocycles. The van der Waals surface area contributed by atoms with Crippen molar-refractivity contribution < 1.29 is 0 Å². The topological polar surface area (TPSA) is 82.5 Å². The number of hydrogen-bond acceptors (Lipinski definition) is 5. The van der Waals surface area contributed by atoms with Gasteiger partial charge in [-0.1, -0.05) is 24.3 Å². The molecule has 2 aromatic heterocycles. The maximum atomic E-state index is 5.50. The van der Waals surface area contributed by atoms with Crippen molar-refractivity contribution in [2.45, 2.75) is 6.92 Å². The summed E-state index contributed by atoms with van der Waals surface area (Å²) in [6, 6.07) is 7.90. The molecule has 0 aliphatic rings. The van der Waals surface area contributed by atoms with Crippen molar-refractivity contribution in [3.8, 4) is 5.82 Å². The van der Waals surface area contributed by atoms with Crippen molar-refractivity contribution in [1.29, 1.82) is 0 Å². The molecule has 0 amide bonds. The van der Waals surface area contributed by atoms with Gasteiger partial charge < -0.3 is 5.73 Å². The van der Waals surface area contributed by atoms with E-state index < -0.39 is 0 Å². The van der Waals surface area contributed by atoms with Crippen molar-refractivity contribution in [1.82, 2.24) is 25.0 Å². The van der Waals surface area contributed by atoms with Crippen LogP contribution in [0.25, 0.3) is 16.6 Å². The summed E-state index contributed by atoms with van der Waals surface area (Å²) in [6.07, 6.45) is 1.53. The van der Waals surface area contributed by atoms with Gasteiger partial charge in [-0.05, 0) is 6.92 Å². The predicted octanol–water partition coefficient (Wildman–Crippen LogP) is 1.10. The quantitative estimate of drug-likeness (QED) is 0.671. The third kappa shape index (κ3) is 1.50. The van der Waals surface area contributed by atoms with Crippen LogP contribution in [0.3, 0.4) is 0 Å². The van der Waals surface area contributed by atoms with Crippen LogP contribution in [0.1, 0.15) is 5.69 Å². The first-order valence-electron chi connectivity index (χ1n) is 5.15. The van der Waals surface area contributed by atoms with Gasteiger partial charge in [0.15, 0.2) is 5.82 Å². The Balaban J connectivity index is 2.34. The van der Waals surface area contributed by atoms with E-state index in [1.165, 1.54) is 11.0 Å². The van der Waals surface area contributed by atoms with Crippen LogP contribution in [0.5, 0.6) is 0 Å². The zero-order valence-corrected chi connectivity index (χ0v) is 9.20. The molecule has 0 unspecified atom stereocenters. The Bertz CT molecular complexity index is 687. The van der Waals surface area contributed by atoms with E-state index in [1.807, 2.05) is 31.2 Å². The minimum Gasteiger partial charge on any atom is -0.366 e. The fourth-order valence-corrected chi connectivity index (χ4v) is 1.77. The third-order valence-electron chi connectivity index (χ3n) is 2.58. The molecule has 3 aromatic rings. The molecular formula is C11H10N6. The third-order valence-corrected chi connectivity index (χ3v) is 2.58. The Morgan fingerprint density at radius 3 is 2.59 bits per heavy atom. The van der Waals surface area contributed by atoms with Crippen LogP contribution in [-0.4, -0.2) is 25.0 Å². The van der Waals surface area contributed by atoms with Crippen LogP contribution < -0.4 is 5.73 Å². The predicted molar refractivity (Wildman–Crippen MR) is 63.6 cm³/mol. The molecule has 0 radical (unpaired) electrons. The molecule has 0 aliphatic carbocycles. The Kier molecular flexibility index (Phi) is 2.01. The standard InChI is InChI=1S/C11H10N6/c1-7-8-4-2-3-5-9(8)10(15-14-7)17-6-13-11(12)16-17/h2-6H,1H3,(H2,12,16). The number of rotatable bonds is 1. The van der Waals surface area contributed by atoms with E-state index in [4.69, 9.17) is 5.73 Å². The molecule has 0 fully saturated rings. The molecule has 0 atom stereocenters. The van der Waals surface area contributed by atoms with Gasteiger partial charge in [-0.2, -0.15) is 9.78 Å². The zero-order valence-electron chi connectivity index (χ0n) is 9.20. The monoisotopic (exact) mass is 226 g/mol. The lowest BCUT2D eigenvalue weighted by Gasteiger charge is -2.05. The number of nitrogens with zero attached hydrogens (tertiary/aromatic N) is 5. The second-order valence-corrected chi connectivity index (χ2v) is 3.70. The van der Waals surface area contributed by atoms with Gasteiger partial charge in [-0.3, -0.25) is 0 Å². The van der Waals surface area contributed by atoms with Crippen LogP contribution in [0, 0.1) is 6.92 Å². The van der Waals surface area contributed by atoms with E-state index >= 15 is 0 Å². The number of fused-ring (bicyclic) bond motifs is 1. The second-order valence-electron chi connectivity index (χ2n) is 3.70. The molecule has 1 aromatic carbocycles. The summed E-state index contributed by atoms with van der Waals surface area (Å²) in [7, 11) is 0. The smallest absolute Gasteiger partial charge is 0.239 e. The summed E-state index contributed by atoms with van der Waals surface area (Å²) >= 11 is 0. The van der Waals surface area contributed by atoms with Gasteiger partial charge in [0.2, 0.25) is 5.95 Å². The molecule has 2 heterocycles. The SMILES string of the molecule is Cc1nnc(-n2cnc(N)n2)c2ccccc12. The van der Waals surface area contributed by atoms with E-state index in [0.29, 0.717) is 5.82 Å². The molecule has 2 N–H and O–H groups in total. The van der Waals surface area contributed by atoms with E-state index in [-0.39, 0.29) is 5.95 Å². The van der Waals surface area contributed by atoms with Gasteiger partial charge in [0, 0.05) is 10.8 Å². The lowest BCUT2D eigenvalue weighted by atomic mass is 10.1. The summed E-state index contributed by atoms with van der Waals surface area (Å²) in [4.78, 5) is 3.88. The van der Waals surface area contributed by atoms with Crippen LogP contribution in [0.15, 0.2) is 30.6 Å². The highest BCUT2D eigenvalue weighted by Gasteiger charge is 2.09. The number of aryl methyl sites for hydroxylation is 1. The lowest BCUT2D eigenvalue weighted by Crippen LogP contribution is -2.03. The van der Waals surface area contributed by atoms with Gasteiger partial charge in [-0.25, -0.2) is 4.98 Å². The van der Waals surface area contributed by atoms with Crippen molar-refractivity contribution in [2.24, 2.45) is 0 Å². The molecule has 6 heteroatoms. The van der Waals surface area contributed by atoms with E-state index in [1.54, 1.807) is 0 Å². The van der Waals surface area contributed by atoms with Crippen molar-refractivity contribution in [3.05, 3.63) is 36.3 Å². The van der Waals surface area contributed by atoms with Gasteiger partial charge >= 0.3 is 0 Å². The summed E-state index contributed by atoms with van der Waals surface area (Å²) < 4.78 is 1.53. The van der Waals surface area contributed by atoms with Crippen LogP contribution in [0.4, 0.5) is 5.95 Å². The first kappa shape index (κ1) is 9.71. The van der Waals surface area contributed by atoms with Crippen LogP contribution in [-0.2, 0) is 0 Å². The lowest BCUT2D eigenvalue weighted by molar-refractivity contribution is 0.820. The minimum absolute atomic E-state index is 0.219. The summed E-state index contributed by atoms with van der Waals surface area (Å²) in [6.45, 7) is 1.93. The minimum atomic E-state index is 0.219. The number of nitrogen functional groups attached to an aromatic ring is 1. The maximum absolute atomic E-state index is 5.50. The van der Waals surface area contributed by atoms with E-state index in [9.17, 15) is 0 Å². The molecular weight excluding hydrogens is 216 g/mol. The maximum Gasteiger partial charge on any atom is 0.239 e. The first-order valence-corrected chi connectivity index (χ1v) is 5.15. The van der Waals surface area contributed by atoms with E-state index in [0.717, 1.165) is 16.5 Å². The van der Waals surface area contributed by atoms with Gasteiger partial charge in [0.1, 0.15) is 6.33 Å². The molecule has 3 rings (SSSR count). The Morgan fingerprint density at radius 2 is 1.88 bits per heavy atom. The molecule has 0 spiro atoms. The molecule has 0 bridgehead atoms. The second kappa shape index (κ2) is 3.51. The van der Waals surface area contributed by atoms with Gasteiger partial charge in [0.05, 0.1) is 5.69 Å². The van der Waals surface area contributed by atoms with Crippen molar-refractivity contribution in [3.63, 3.8) is 0 Å². The fraction of sp³-hybridized carbons (Fsp3) is 0.0909. The Morgan fingerprint density at radius 1 is 1.12 bits per heavy atom. The molecule has 84 valence electrons. The number of hydrogen-bond donors (Lipinski definition) is 1. The van der Waals surface area contributed by atoms with Crippen LogP contribution >= 0.6 is 0 Å². The average molecular weight is 226 g/mol. The highest BCUT2D eigenvalue weighted by atomic mass is 15.4. The number of anilines is 1. The largest absolute Gasteiger partial charge is 0.366 e. The number of nitrogens with two attached hydrogens (primary N) is 1. The normalized spacial score (nSPS) is 10.9. The fourth-order valence-electron chi connectivity index (χ4n) is 1.77. The Labute approximate surface area is 97.1 Å². The number of aromatic nitrogens is 5. The molecule has 0 saturated carbocycles. The highest BCUT2D eigenvalue weighted by Crippen LogP contribution is 2.20. The van der Waals surface area contributed by atoms with Crippen molar-refractivity contribution in [2.75, 3.05) is 5.73 Å². The average Bonchev–Trinajstić information content (AvgIpc) is 2.77. The summed E-state index contributed by atoms with van der Waals surface area (Å²) in [5.74, 6) is 0.854. The highest BCUT2D eigenvalue weighted by molar-refractivity contribution is 5.89.